The van der Waals surface area contributed by atoms with E-state index in [0.717, 1.165) is 11.6 Å². The molecule has 2 heterocycles. The molecule has 0 aliphatic carbocycles. The molecule has 1 aliphatic heterocycles. The van der Waals surface area contributed by atoms with Gasteiger partial charge in [-0.05, 0) is 49.7 Å². The number of fused-ring (bicyclic) bond motifs is 1. The maximum absolute atomic E-state index is 13.2. The summed E-state index contributed by atoms with van der Waals surface area (Å²) >= 11 is 0. The van der Waals surface area contributed by atoms with Crippen molar-refractivity contribution in [1.29, 1.82) is 0 Å². The summed E-state index contributed by atoms with van der Waals surface area (Å²) in [7, 11) is 0. The SMILES string of the molecule is CC1CN(C(=O)c2cc3ccc(OC(F)(F)F)cc3o2)C(C)CN1Cc1ccc(F)cc1. The number of carbonyl (C=O) groups excluding carboxylic acids is 1. The summed E-state index contributed by atoms with van der Waals surface area (Å²) in [5, 5.41) is 0.513. The fraction of sp³-hybridized carbons (Fsp3) is 0.348. The predicted octanol–water partition coefficient (Wildman–Crippen LogP) is 5.21. The Hall–Kier alpha value is -3.07. The molecule has 2 aromatic carbocycles. The Morgan fingerprint density at radius 1 is 1.06 bits per heavy atom. The molecule has 4 rings (SSSR count). The summed E-state index contributed by atoms with van der Waals surface area (Å²) in [5.41, 5.74) is 1.13. The molecule has 1 saturated heterocycles. The van der Waals surface area contributed by atoms with Crippen LogP contribution >= 0.6 is 0 Å². The minimum atomic E-state index is -4.81. The molecule has 0 N–H and O–H groups in total. The van der Waals surface area contributed by atoms with Gasteiger partial charge in [0.05, 0.1) is 0 Å². The molecule has 1 aromatic heterocycles. The Balaban J connectivity index is 1.47. The Morgan fingerprint density at radius 2 is 1.78 bits per heavy atom. The van der Waals surface area contributed by atoms with Crippen LogP contribution in [0.1, 0.15) is 30.0 Å². The molecule has 3 aromatic rings. The van der Waals surface area contributed by atoms with E-state index >= 15 is 0 Å². The van der Waals surface area contributed by atoms with Crippen LogP contribution in [0.3, 0.4) is 0 Å². The van der Waals surface area contributed by atoms with Crippen molar-refractivity contribution in [2.45, 2.75) is 38.8 Å². The molecule has 0 radical (unpaired) electrons. The Labute approximate surface area is 182 Å². The van der Waals surface area contributed by atoms with Crippen molar-refractivity contribution >= 4 is 16.9 Å². The number of ether oxygens (including phenoxy) is 1. The average molecular weight is 450 g/mol. The summed E-state index contributed by atoms with van der Waals surface area (Å²) in [4.78, 5) is 17.0. The number of alkyl halides is 3. The average Bonchev–Trinajstić information content (AvgIpc) is 3.14. The van der Waals surface area contributed by atoms with E-state index in [2.05, 4.69) is 9.64 Å². The number of halogens is 4. The van der Waals surface area contributed by atoms with Gasteiger partial charge in [-0.3, -0.25) is 9.69 Å². The number of piperazine rings is 1. The summed E-state index contributed by atoms with van der Waals surface area (Å²) in [6.07, 6.45) is -4.81. The topological polar surface area (TPSA) is 45.9 Å². The van der Waals surface area contributed by atoms with Gasteiger partial charge < -0.3 is 14.1 Å². The minimum Gasteiger partial charge on any atom is -0.451 e. The second-order valence-electron chi connectivity index (χ2n) is 8.07. The smallest absolute Gasteiger partial charge is 0.451 e. The van der Waals surface area contributed by atoms with Gasteiger partial charge in [0.2, 0.25) is 0 Å². The van der Waals surface area contributed by atoms with E-state index in [9.17, 15) is 22.4 Å². The van der Waals surface area contributed by atoms with E-state index < -0.39 is 12.1 Å². The molecule has 1 amide bonds. The maximum atomic E-state index is 13.2. The second-order valence-corrected chi connectivity index (χ2v) is 8.07. The highest BCUT2D eigenvalue weighted by molar-refractivity contribution is 5.96. The molecule has 2 unspecified atom stereocenters. The van der Waals surface area contributed by atoms with Gasteiger partial charge in [-0.1, -0.05) is 12.1 Å². The van der Waals surface area contributed by atoms with Crippen LogP contribution in [0.4, 0.5) is 17.6 Å². The monoisotopic (exact) mass is 450 g/mol. The van der Waals surface area contributed by atoms with E-state index in [-0.39, 0.29) is 35.2 Å². The van der Waals surface area contributed by atoms with E-state index in [1.165, 1.54) is 30.3 Å². The Kier molecular flexibility index (Phi) is 5.85. The van der Waals surface area contributed by atoms with E-state index in [1.807, 2.05) is 13.8 Å². The number of hydrogen-bond donors (Lipinski definition) is 0. The van der Waals surface area contributed by atoms with Gasteiger partial charge in [0, 0.05) is 43.2 Å². The zero-order chi connectivity index (χ0) is 23.0. The van der Waals surface area contributed by atoms with Gasteiger partial charge in [0.15, 0.2) is 5.76 Å². The van der Waals surface area contributed by atoms with Gasteiger partial charge in [-0.2, -0.15) is 0 Å². The van der Waals surface area contributed by atoms with Crippen molar-refractivity contribution < 1.29 is 31.5 Å². The third kappa shape index (κ3) is 4.88. The molecule has 170 valence electrons. The van der Waals surface area contributed by atoms with E-state index in [0.29, 0.717) is 25.0 Å². The van der Waals surface area contributed by atoms with Crippen molar-refractivity contribution in [1.82, 2.24) is 9.80 Å². The molecule has 5 nitrogen and oxygen atoms in total. The lowest BCUT2D eigenvalue weighted by molar-refractivity contribution is -0.274. The molecule has 0 saturated carbocycles. The number of benzene rings is 2. The number of amides is 1. The number of hydrogen-bond acceptors (Lipinski definition) is 4. The predicted molar refractivity (Wildman–Crippen MR) is 110 cm³/mol. The second kappa shape index (κ2) is 8.46. The fourth-order valence-corrected chi connectivity index (χ4v) is 3.98. The van der Waals surface area contributed by atoms with Crippen molar-refractivity contribution in [2.24, 2.45) is 0 Å². The first-order valence-corrected chi connectivity index (χ1v) is 10.2. The van der Waals surface area contributed by atoms with Crippen LogP contribution < -0.4 is 4.74 Å². The molecule has 1 fully saturated rings. The van der Waals surface area contributed by atoms with Crippen LogP contribution in [0.5, 0.6) is 5.75 Å². The van der Waals surface area contributed by atoms with E-state index in [1.54, 1.807) is 17.0 Å². The largest absolute Gasteiger partial charge is 0.573 e. The summed E-state index contributed by atoms with van der Waals surface area (Å²) in [6.45, 7) is 5.66. The molecule has 32 heavy (non-hydrogen) atoms. The van der Waals surface area contributed by atoms with Crippen LogP contribution in [-0.4, -0.2) is 47.2 Å². The van der Waals surface area contributed by atoms with Crippen LogP contribution in [0.15, 0.2) is 52.9 Å². The van der Waals surface area contributed by atoms with Crippen LogP contribution in [-0.2, 0) is 6.54 Å². The van der Waals surface area contributed by atoms with Crippen LogP contribution in [0.2, 0.25) is 0 Å². The standard InChI is InChI=1S/C23H22F4N2O3/c1-14-12-29(15(2)11-28(14)13-16-3-6-18(24)7-4-16)22(30)21-9-17-5-8-19(10-20(17)31-21)32-23(25,26)27/h3-10,14-15H,11-13H2,1-2H3. The van der Waals surface area contributed by atoms with E-state index in [4.69, 9.17) is 4.42 Å². The third-order valence-corrected chi connectivity index (χ3v) is 5.61. The van der Waals surface area contributed by atoms with Crippen molar-refractivity contribution in [3.8, 4) is 5.75 Å². The van der Waals surface area contributed by atoms with Gasteiger partial charge in [0.1, 0.15) is 17.1 Å². The highest BCUT2D eigenvalue weighted by Crippen LogP contribution is 2.29. The number of carbonyl (C=O) groups is 1. The van der Waals surface area contributed by atoms with Gasteiger partial charge in [-0.25, -0.2) is 4.39 Å². The summed E-state index contributed by atoms with van der Waals surface area (Å²) in [5.74, 6) is -0.946. The molecular weight excluding hydrogens is 428 g/mol. The van der Waals surface area contributed by atoms with Gasteiger partial charge in [0.25, 0.3) is 5.91 Å². The zero-order valence-electron chi connectivity index (χ0n) is 17.5. The first-order chi connectivity index (χ1) is 15.1. The lowest BCUT2D eigenvalue weighted by Crippen LogP contribution is -2.57. The summed E-state index contributed by atoms with van der Waals surface area (Å²) < 4.78 is 60.0. The first-order valence-electron chi connectivity index (χ1n) is 10.2. The normalized spacial score (nSPS) is 20.0. The Bertz CT molecular complexity index is 1110. The quantitative estimate of drug-likeness (QED) is 0.513. The number of nitrogens with zero attached hydrogens (tertiary/aromatic N) is 2. The third-order valence-electron chi connectivity index (χ3n) is 5.61. The molecule has 0 spiro atoms. The lowest BCUT2D eigenvalue weighted by atomic mass is 10.1. The number of furan rings is 1. The van der Waals surface area contributed by atoms with Crippen LogP contribution in [0.25, 0.3) is 11.0 Å². The molecule has 0 bridgehead atoms. The summed E-state index contributed by atoms with van der Waals surface area (Å²) in [6, 6.07) is 11.5. The molecular formula is C23H22F4N2O3. The molecule has 2 atom stereocenters. The number of rotatable bonds is 4. The fourth-order valence-electron chi connectivity index (χ4n) is 3.98. The maximum Gasteiger partial charge on any atom is 0.573 e. The zero-order valence-corrected chi connectivity index (χ0v) is 17.5. The highest BCUT2D eigenvalue weighted by atomic mass is 19.4. The Morgan fingerprint density at radius 3 is 2.47 bits per heavy atom. The highest BCUT2D eigenvalue weighted by Gasteiger charge is 2.34. The molecule has 9 heteroatoms. The van der Waals surface area contributed by atoms with Crippen molar-refractivity contribution in [3.63, 3.8) is 0 Å². The van der Waals surface area contributed by atoms with Crippen molar-refractivity contribution in [2.75, 3.05) is 13.1 Å². The minimum absolute atomic E-state index is 0.0522. The van der Waals surface area contributed by atoms with Gasteiger partial charge in [-0.15, -0.1) is 13.2 Å². The van der Waals surface area contributed by atoms with Gasteiger partial charge >= 0.3 is 6.36 Å². The van der Waals surface area contributed by atoms with Crippen molar-refractivity contribution in [3.05, 3.63) is 65.7 Å². The van der Waals surface area contributed by atoms with Crippen LogP contribution in [0, 0.1) is 5.82 Å². The lowest BCUT2D eigenvalue weighted by Gasteiger charge is -2.43. The first kappa shape index (κ1) is 22.1. The molecule has 1 aliphatic rings.